The van der Waals surface area contributed by atoms with E-state index in [4.69, 9.17) is 0 Å². The number of carbonyl (C=O) groups excluding carboxylic acids is 1. The molecule has 2 aromatic rings. The molecule has 0 atom stereocenters. The number of pyridine rings is 1. The van der Waals surface area contributed by atoms with E-state index in [1.54, 1.807) is 0 Å². The Hall–Kier alpha value is -2.53. The zero-order valence-electron chi connectivity index (χ0n) is 11.9. The fourth-order valence-corrected chi connectivity index (χ4v) is 1.91. The summed E-state index contributed by atoms with van der Waals surface area (Å²) in [6.07, 6.45) is 1.13. The van der Waals surface area contributed by atoms with Crippen molar-refractivity contribution in [2.75, 3.05) is 5.32 Å². The lowest BCUT2D eigenvalue weighted by atomic mass is 10.3. The molecule has 1 heterocycles. The maximum Gasteiger partial charge on any atom is 0.130 e. The Bertz CT molecular complexity index is 729. The minimum Gasteiger partial charge on any atom is -0.744 e. The van der Waals surface area contributed by atoms with E-state index >= 15 is 0 Å². The van der Waals surface area contributed by atoms with Gasteiger partial charge in [0.25, 0.3) is 0 Å². The van der Waals surface area contributed by atoms with Gasteiger partial charge in [-0.1, -0.05) is 0 Å². The highest BCUT2D eigenvalue weighted by molar-refractivity contribution is 7.85. The Kier molecular flexibility index (Phi) is 6.61. The number of nitrogens with zero attached hydrogens (tertiary/aromatic N) is 1. The van der Waals surface area contributed by atoms with Crippen molar-refractivity contribution in [3.8, 4) is 0 Å². The van der Waals surface area contributed by atoms with Crippen LogP contribution in [-0.2, 0) is 10.1 Å². The summed E-state index contributed by atoms with van der Waals surface area (Å²) in [6, 6.07) is 7.89. The molecule has 10 heteroatoms. The molecule has 0 radical (unpaired) electrons. The molecule has 9 N–H and O–H groups in total. The van der Waals surface area contributed by atoms with E-state index in [1.165, 1.54) is 36.4 Å². The van der Waals surface area contributed by atoms with Gasteiger partial charge in [-0.15, -0.1) is 0 Å². The molecule has 0 saturated heterocycles. The molecule has 0 amide bonds. The number of rotatable bonds is 4. The van der Waals surface area contributed by atoms with Crippen LogP contribution in [-0.4, -0.2) is 23.9 Å². The number of anilines is 2. The van der Waals surface area contributed by atoms with Crippen molar-refractivity contribution >= 4 is 27.6 Å². The highest BCUT2D eigenvalue weighted by Crippen LogP contribution is 2.17. The number of carboxylic acids is 1. The van der Waals surface area contributed by atoms with E-state index in [0.29, 0.717) is 11.5 Å². The molecule has 2 rings (SSSR count). The molecule has 0 saturated carbocycles. The highest BCUT2D eigenvalue weighted by atomic mass is 32.2. The van der Waals surface area contributed by atoms with Gasteiger partial charge in [-0.25, -0.2) is 13.4 Å². The summed E-state index contributed by atoms with van der Waals surface area (Å²) in [5.74, 6) is -0.957. The number of hydrogen-bond acceptors (Lipinski definition) is 7. The number of aromatic nitrogens is 1. The van der Waals surface area contributed by atoms with Crippen LogP contribution in [0.15, 0.2) is 47.5 Å². The van der Waals surface area contributed by atoms with Crippen LogP contribution in [0.4, 0.5) is 11.5 Å². The van der Waals surface area contributed by atoms with Gasteiger partial charge in [-0.3, -0.25) is 0 Å². The van der Waals surface area contributed by atoms with E-state index in [-0.39, 0.29) is 22.8 Å². The Morgan fingerprint density at radius 3 is 2.05 bits per heavy atom. The fraction of sp³-hybridized carbons (Fsp3) is 0. The van der Waals surface area contributed by atoms with Crippen LogP contribution in [0.25, 0.3) is 0 Å². The monoisotopic (exact) mass is 328 g/mol. The highest BCUT2D eigenvalue weighted by Gasteiger charge is 2.02. The molecule has 0 fully saturated rings. The number of carbonyl (C=O) groups is 1. The minimum atomic E-state index is -4.47. The second kappa shape index (κ2) is 7.47. The number of hydrogen-bond donors (Lipinski definition) is 3. The third kappa shape index (κ3) is 4.79. The predicted octanol–water partition coefficient (Wildman–Crippen LogP) is 0.845. The van der Waals surface area contributed by atoms with Crippen molar-refractivity contribution in [3.05, 3.63) is 48.2 Å². The minimum absolute atomic E-state index is 0. The van der Waals surface area contributed by atoms with Crippen molar-refractivity contribution in [3.63, 3.8) is 0 Å². The number of benzene rings is 1. The molecule has 0 aliphatic heterocycles. The van der Waals surface area contributed by atoms with Gasteiger partial charge in [0.1, 0.15) is 15.9 Å². The first-order valence-electron chi connectivity index (χ1n) is 5.36. The van der Waals surface area contributed by atoms with E-state index in [9.17, 15) is 22.9 Å². The molecule has 0 aliphatic carbocycles. The number of carboxylic acid groups (broad SMARTS) is 1. The number of quaternary nitrogens is 2. The van der Waals surface area contributed by atoms with Crippen LogP contribution in [0.5, 0.6) is 0 Å². The third-order valence-corrected chi connectivity index (χ3v) is 3.26. The maximum absolute atomic E-state index is 10.8. The van der Waals surface area contributed by atoms with Gasteiger partial charge in [0, 0.05) is 17.4 Å². The molecule has 1 aromatic heterocycles. The van der Waals surface area contributed by atoms with Crippen molar-refractivity contribution in [2.45, 2.75) is 4.90 Å². The molecule has 0 unspecified atom stereocenters. The van der Waals surface area contributed by atoms with Gasteiger partial charge >= 0.3 is 0 Å². The Balaban J connectivity index is 0.00000220. The van der Waals surface area contributed by atoms with Crippen molar-refractivity contribution in [1.82, 2.24) is 17.3 Å². The lowest BCUT2D eigenvalue weighted by Gasteiger charge is -2.09. The van der Waals surface area contributed by atoms with Gasteiger partial charge in [0.15, 0.2) is 0 Å². The largest absolute Gasteiger partial charge is 0.744 e. The molecule has 1 aromatic carbocycles. The first-order valence-corrected chi connectivity index (χ1v) is 6.77. The third-order valence-electron chi connectivity index (χ3n) is 2.41. The summed E-state index contributed by atoms with van der Waals surface area (Å²) in [7, 11) is -4.47. The van der Waals surface area contributed by atoms with Crippen LogP contribution in [0.1, 0.15) is 10.4 Å². The molecule has 9 nitrogen and oxygen atoms in total. The molecule has 0 bridgehead atoms. The Labute approximate surface area is 126 Å². The van der Waals surface area contributed by atoms with Crippen LogP contribution in [0.3, 0.4) is 0 Å². The standard InChI is InChI=1S/C12H10N2O5S.2H3N/c15-12(16)8-1-6-11(13-7-8)14-9-2-4-10(5-3-9)20(17,18)19;;/h1-7H,(H,13,14)(H,15,16)(H,17,18,19);2*1H3. The molecule has 22 heavy (non-hydrogen) atoms. The Morgan fingerprint density at radius 1 is 1.05 bits per heavy atom. The van der Waals surface area contributed by atoms with Crippen molar-refractivity contribution < 1.29 is 22.9 Å². The second-order valence-electron chi connectivity index (χ2n) is 3.82. The zero-order chi connectivity index (χ0) is 14.8. The van der Waals surface area contributed by atoms with Gasteiger partial charge in [-0.05, 0) is 36.4 Å². The van der Waals surface area contributed by atoms with Crippen molar-refractivity contribution in [1.29, 1.82) is 0 Å². The maximum atomic E-state index is 10.8. The van der Waals surface area contributed by atoms with Crippen LogP contribution in [0.2, 0.25) is 0 Å². The van der Waals surface area contributed by atoms with E-state index in [1.807, 2.05) is 0 Å². The SMILES string of the molecule is O=C([O-])c1ccc(Nc2ccc(S(=O)(=O)[O-])cc2)nc1.[NH4+].[NH4+]. The van der Waals surface area contributed by atoms with E-state index < -0.39 is 16.1 Å². The molecule has 0 spiro atoms. The average molecular weight is 328 g/mol. The van der Waals surface area contributed by atoms with Gasteiger partial charge in [-0.2, -0.15) is 0 Å². The summed E-state index contributed by atoms with van der Waals surface area (Å²) in [5.41, 5.74) is 0.453. The molecular weight excluding hydrogens is 312 g/mol. The van der Waals surface area contributed by atoms with Crippen LogP contribution in [0, 0.1) is 0 Å². The molecular formula is C12H16N4O5S. The van der Waals surface area contributed by atoms with Crippen molar-refractivity contribution in [2.24, 2.45) is 0 Å². The van der Waals surface area contributed by atoms with Gasteiger partial charge in [0.05, 0.1) is 10.9 Å². The quantitative estimate of drug-likeness (QED) is 0.691. The first kappa shape index (κ1) is 19.5. The van der Waals surface area contributed by atoms with E-state index in [2.05, 4.69) is 10.3 Å². The first-order chi connectivity index (χ1) is 9.36. The lowest BCUT2D eigenvalue weighted by molar-refractivity contribution is -0.255. The predicted molar refractivity (Wildman–Crippen MR) is 78.2 cm³/mol. The second-order valence-corrected chi connectivity index (χ2v) is 5.20. The lowest BCUT2D eigenvalue weighted by Crippen LogP contribution is -2.22. The normalized spacial score (nSPS) is 10.0. The summed E-state index contributed by atoms with van der Waals surface area (Å²) >= 11 is 0. The van der Waals surface area contributed by atoms with Crippen LogP contribution < -0.4 is 22.7 Å². The summed E-state index contributed by atoms with van der Waals surface area (Å²) in [4.78, 5) is 14.1. The van der Waals surface area contributed by atoms with Gasteiger partial charge in [0.2, 0.25) is 0 Å². The smallest absolute Gasteiger partial charge is 0.130 e. The average Bonchev–Trinajstić information content (AvgIpc) is 2.39. The summed E-state index contributed by atoms with van der Waals surface area (Å²) < 4.78 is 32.3. The number of nitrogens with one attached hydrogen (secondary N) is 1. The number of aromatic carboxylic acids is 1. The van der Waals surface area contributed by atoms with E-state index in [0.717, 1.165) is 6.20 Å². The molecule has 0 aliphatic rings. The topological polar surface area (TPSA) is 195 Å². The van der Waals surface area contributed by atoms with Gasteiger partial charge < -0.3 is 32.1 Å². The zero-order valence-corrected chi connectivity index (χ0v) is 12.8. The Morgan fingerprint density at radius 2 is 1.64 bits per heavy atom. The fourth-order valence-electron chi connectivity index (χ4n) is 1.44. The molecule has 120 valence electrons. The summed E-state index contributed by atoms with van der Waals surface area (Å²) in [6.45, 7) is 0. The van der Waals surface area contributed by atoms with Crippen LogP contribution >= 0.6 is 0 Å². The summed E-state index contributed by atoms with van der Waals surface area (Å²) in [5, 5.41) is 13.4.